The van der Waals surface area contributed by atoms with Gasteiger partial charge in [-0.05, 0) is 40.2 Å². The summed E-state index contributed by atoms with van der Waals surface area (Å²) in [5, 5.41) is 4.94. The third-order valence-corrected chi connectivity index (χ3v) is 3.17. The third kappa shape index (κ3) is 2.07. The fraction of sp³-hybridized carbons (Fsp3) is 0.100. The second-order valence-corrected chi connectivity index (χ2v) is 4.24. The predicted octanol–water partition coefficient (Wildman–Crippen LogP) is 2.75. The van der Waals surface area contributed by atoms with E-state index >= 15 is 0 Å². The molecule has 2 N–H and O–H groups in total. The summed E-state index contributed by atoms with van der Waals surface area (Å²) in [6.07, 6.45) is 1.75. The van der Waals surface area contributed by atoms with E-state index < -0.39 is 0 Å². The summed E-state index contributed by atoms with van der Waals surface area (Å²) in [6.45, 7) is 0.466. The number of nitrogens with zero attached hydrogens (tertiary/aromatic N) is 2. The molecule has 0 radical (unpaired) electrons. The van der Waals surface area contributed by atoms with Crippen LogP contribution in [0.2, 0.25) is 5.02 Å². The topological polar surface area (TPSA) is 43.8 Å². The van der Waals surface area contributed by atoms with Crippen molar-refractivity contribution >= 4 is 27.5 Å². The van der Waals surface area contributed by atoms with Gasteiger partial charge in [-0.1, -0.05) is 11.6 Å². The molecular formula is C10H9BrClN3. The number of hydrogen-bond donors (Lipinski definition) is 1. The Bertz CT molecular complexity index is 464. The first kappa shape index (κ1) is 10.7. The zero-order valence-electron chi connectivity index (χ0n) is 7.82. The standard InChI is InChI=1S/C10H9BrClN3/c11-10-7(5-13)6-14-15(10)9-3-1-8(12)2-4-9/h1-4,6H,5,13H2. The molecule has 0 amide bonds. The molecule has 5 heteroatoms. The normalized spacial score (nSPS) is 10.6. The molecule has 2 aromatic rings. The van der Waals surface area contributed by atoms with Crippen molar-refractivity contribution in [1.82, 2.24) is 9.78 Å². The molecule has 78 valence electrons. The summed E-state index contributed by atoms with van der Waals surface area (Å²) < 4.78 is 2.66. The van der Waals surface area contributed by atoms with Gasteiger partial charge in [0.15, 0.2) is 0 Å². The molecule has 15 heavy (non-hydrogen) atoms. The molecule has 1 aromatic heterocycles. The molecular weight excluding hydrogens is 277 g/mol. The highest BCUT2D eigenvalue weighted by atomic mass is 79.9. The smallest absolute Gasteiger partial charge is 0.114 e. The summed E-state index contributed by atoms with van der Waals surface area (Å²) >= 11 is 9.26. The molecule has 2 rings (SSSR count). The Balaban J connectivity index is 2.45. The van der Waals surface area contributed by atoms with E-state index in [1.54, 1.807) is 10.9 Å². The Morgan fingerprint density at radius 2 is 2.00 bits per heavy atom. The maximum atomic E-state index is 5.81. The van der Waals surface area contributed by atoms with Crippen molar-refractivity contribution in [3.05, 3.63) is 45.7 Å². The Kier molecular flexibility index (Phi) is 3.09. The van der Waals surface area contributed by atoms with Crippen LogP contribution in [0.5, 0.6) is 0 Å². The molecule has 1 aromatic carbocycles. The summed E-state index contributed by atoms with van der Waals surface area (Å²) in [5.41, 5.74) is 7.49. The van der Waals surface area contributed by atoms with Gasteiger partial charge in [0.05, 0.1) is 11.9 Å². The Labute approximate surface area is 101 Å². The van der Waals surface area contributed by atoms with Crippen LogP contribution in [-0.4, -0.2) is 9.78 Å². The van der Waals surface area contributed by atoms with E-state index in [-0.39, 0.29) is 0 Å². The van der Waals surface area contributed by atoms with Crippen molar-refractivity contribution in [2.24, 2.45) is 5.73 Å². The lowest BCUT2D eigenvalue weighted by Gasteiger charge is -2.03. The van der Waals surface area contributed by atoms with Crippen molar-refractivity contribution < 1.29 is 0 Å². The average molecular weight is 287 g/mol. The van der Waals surface area contributed by atoms with Crippen LogP contribution in [0.4, 0.5) is 0 Å². The highest BCUT2D eigenvalue weighted by Crippen LogP contribution is 2.21. The molecule has 0 unspecified atom stereocenters. The highest BCUT2D eigenvalue weighted by Gasteiger charge is 2.07. The Morgan fingerprint density at radius 3 is 2.53 bits per heavy atom. The summed E-state index contributed by atoms with van der Waals surface area (Å²) in [6, 6.07) is 7.46. The van der Waals surface area contributed by atoms with E-state index in [2.05, 4.69) is 21.0 Å². The monoisotopic (exact) mass is 285 g/mol. The van der Waals surface area contributed by atoms with Gasteiger partial charge in [-0.25, -0.2) is 4.68 Å². The molecule has 0 saturated heterocycles. The molecule has 3 nitrogen and oxygen atoms in total. The van der Waals surface area contributed by atoms with Crippen molar-refractivity contribution in [2.45, 2.75) is 6.54 Å². The second kappa shape index (κ2) is 4.35. The molecule has 0 fully saturated rings. The van der Waals surface area contributed by atoms with Gasteiger partial charge in [0.25, 0.3) is 0 Å². The van der Waals surface area contributed by atoms with Gasteiger partial charge in [-0.15, -0.1) is 0 Å². The fourth-order valence-corrected chi connectivity index (χ4v) is 1.95. The minimum atomic E-state index is 0.466. The van der Waals surface area contributed by atoms with Crippen molar-refractivity contribution in [3.63, 3.8) is 0 Å². The largest absolute Gasteiger partial charge is 0.326 e. The van der Waals surface area contributed by atoms with Crippen molar-refractivity contribution in [2.75, 3.05) is 0 Å². The molecule has 0 atom stereocenters. The maximum Gasteiger partial charge on any atom is 0.114 e. The fourth-order valence-electron chi connectivity index (χ4n) is 1.27. The van der Waals surface area contributed by atoms with Crippen LogP contribution < -0.4 is 5.73 Å². The van der Waals surface area contributed by atoms with E-state index in [4.69, 9.17) is 17.3 Å². The highest BCUT2D eigenvalue weighted by molar-refractivity contribution is 9.10. The second-order valence-electron chi connectivity index (χ2n) is 3.05. The van der Waals surface area contributed by atoms with Crippen LogP contribution >= 0.6 is 27.5 Å². The number of rotatable bonds is 2. The van der Waals surface area contributed by atoms with Gasteiger partial charge in [0.2, 0.25) is 0 Å². The first-order valence-corrected chi connectivity index (χ1v) is 5.58. The van der Waals surface area contributed by atoms with E-state index in [1.165, 1.54) is 0 Å². The lowest BCUT2D eigenvalue weighted by molar-refractivity contribution is 0.858. The van der Waals surface area contributed by atoms with E-state index in [1.807, 2.05) is 24.3 Å². The van der Waals surface area contributed by atoms with Crippen molar-refractivity contribution in [1.29, 1.82) is 0 Å². The predicted molar refractivity (Wildman–Crippen MR) is 64.2 cm³/mol. The van der Waals surface area contributed by atoms with Gasteiger partial charge in [0, 0.05) is 17.1 Å². The van der Waals surface area contributed by atoms with Crippen LogP contribution in [0.25, 0.3) is 5.69 Å². The molecule has 0 bridgehead atoms. The van der Waals surface area contributed by atoms with Gasteiger partial charge >= 0.3 is 0 Å². The Hall–Kier alpha value is -0.840. The molecule has 0 aliphatic heterocycles. The van der Waals surface area contributed by atoms with Crippen LogP contribution in [0.3, 0.4) is 0 Å². The zero-order chi connectivity index (χ0) is 10.8. The number of benzene rings is 1. The maximum absolute atomic E-state index is 5.81. The lowest BCUT2D eigenvalue weighted by atomic mass is 10.3. The van der Waals surface area contributed by atoms with Crippen LogP contribution in [-0.2, 0) is 6.54 Å². The summed E-state index contributed by atoms with van der Waals surface area (Å²) in [5.74, 6) is 0. The van der Waals surface area contributed by atoms with E-state index in [0.717, 1.165) is 15.9 Å². The third-order valence-electron chi connectivity index (χ3n) is 2.07. The van der Waals surface area contributed by atoms with Gasteiger partial charge in [-0.3, -0.25) is 0 Å². The summed E-state index contributed by atoms with van der Waals surface area (Å²) in [4.78, 5) is 0. The first-order chi connectivity index (χ1) is 7.22. The molecule has 0 aliphatic rings. The van der Waals surface area contributed by atoms with E-state index in [0.29, 0.717) is 11.6 Å². The molecule has 1 heterocycles. The van der Waals surface area contributed by atoms with Crippen molar-refractivity contribution in [3.8, 4) is 5.69 Å². The number of aromatic nitrogens is 2. The zero-order valence-corrected chi connectivity index (χ0v) is 10.2. The number of nitrogens with two attached hydrogens (primary N) is 1. The lowest BCUT2D eigenvalue weighted by Crippen LogP contribution is -1.98. The van der Waals surface area contributed by atoms with E-state index in [9.17, 15) is 0 Å². The van der Waals surface area contributed by atoms with Gasteiger partial charge in [-0.2, -0.15) is 5.10 Å². The van der Waals surface area contributed by atoms with Crippen LogP contribution in [0.15, 0.2) is 35.1 Å². The number of halogens is 2. The van der Waals surface area contributed by atoms with Gasteiger partial charge in [0.1, 0.15) is 4.60 Å². The first-order valence-electron chi connectivity index (χ1n) is 4.41. The molecule has 0 aliphatic carbocycles. The SMILES string of the molecule is NCc1cnn(-c2ccc(Cl)cc2)c1Br. The Morgan fingerprint density at radius 1 is 1.33 bits per heavy atom. The van der Waals surface area contributed by atoms with Crippen LogP contribution in [0.1, 0.15) is 5.56 Å². The minimum absolute atomic E-state index is 0.466. The molecule has 0 spiro atoms. The number of hydrogen-bond acceptors (Lipinski definition) is 2. The quantitative estimate of drug-likeness (QED) is 0.922. The summed E-state index contributed by atoms with van der Waals surface area (Å²) in [7, 11) is 0. The van der Waals surface area contributed by atoms with Gasteiger partial charge < -0.3 is 5.73 Å². The average Bonchev–Trinajstić information content (AvgIpc) is 2.61. The molecule has 0 saturated carbocycles. The van der Waals surface area contributed by atoms with Crippen LogP contribution in [0, 0.1) is 0 Å². The minimum Gasteiger partial charge on any atom is -0.326 e.